The van der Waals surface area contributed by atoms with Gasteiger partial charge in [-0.3, -0.25) is 0 Å². The Kier molecular flexibility index (Phi) is 3.78. The summed E-state index contributed by atoms with van der Waals surface area (Å²) in [5.41, 5.74) is 6.75. The first-order valence-electron chi connectivity index (χ1n) is 10.6. The smallest absolute Gasteiger partial charge is 0.161 e. The topological polar surface area (TPSA) is 62.6 Å². The van der Waals surface area contributed by atoms with Crippen LogP contribution in [-0.4, -0.2) is 34.5 Å². The zero-order chi connectivity index (χ0) is 19.5. The van der Waals surface area contributed by atoms with Gasteiger partial charge in [-0.05, 0) is 67.3 Å². The van der Waals surface area contributed by atoms with E-state index in [-0.39, 0.29) is 6.61 Å². The average molecular weight is 390 g/mol. The summed E-state index contributed by atoms with van der Waals surface area (Å²) < 4.78 is 8.06. The van der Waals surface area contributed by atoms with Crippen molar-refractivity contribution in [3.63, 3.8) is 0 Å². The van der Waals surface area contributed by atoms with Crippen molar-refractivity contribution in [2.45, 2.75) is 44.4 Å². The molecule has 0 amide bonds. The molecule has 2 N–H and O–H groups in total. The van der Waals surface area contributed by atoms with Gasteiger partial charge in [0.05, 0.1) is 23.0 Å². The fourth-order valence-corrected chi connectivity index (χ4v) is 4.28. The molecule has 1 atom stereocenters. The van der Waals surface area contributed by atoms with Crippen molar-refractivity contribution in [2.24, 2.45) is 5.92 Å². The Morgan fingerprint density at radius 2 is 2.03 bits per heavy atom. The maximum atomic E-state index is 9.98. The molecular formula is C23H26N4O2. The molecule has 2 heterocycles. The second-order valence-electron chi connectivity index (χ2n) is 8.75. The summed E-state index contributed by atoms with van der Waals surface area (Å²) in [6, 6.07) is 10.6. The van der Waals surface area contributed by atoms with E-state index in [1.54, 1.807) is 0 Å². The van der Waals surface area contributed by atoms with E-state index in [4.69, 9.17) is 4.74 Å². The van der Waals surface area contributed by atoms with Crippen LogP contribution in [0.1, 0.15) is 37.2 Å². The Morgan fingerprint density at radius 3 is 2.83 bits per heavy atom. The first-order chi connectivity index (χ1) is 14.2. The third-order valence-corrected chi connectivity index (χ3v) is 6.42. The summed E-state index contributed by atoms with van der Waals surface area (Å²) >= 11 is 0. The van der Waals surface area contributed by atoms with Crippen LogP contribution in [0.25, 0.3) is 11.0 Å². The van der Waals surface area contributed by atoms with Crippen LogP contribution in [0.4, 0.5) is 17.1 Å². The number of aliphatic hydroxyl groups is 1. The highest BCUT2D eigenvalue weighted by Gasteiger charge is 2.28. The molecule has 2 aromatic carbocycles. The predicted molar refractivity (Wildman–Crippen MR) is 114 cm³/mol. The van der Waals surface area contributed by atoms with Crippen molar-refractivity contribution in [1.82, 2.24) is 9.55 Å². The highest BCUT2D eigenvalue weighted by molar-refractivity contribution is 5.84. The second-order valence-corrected chi connectivity index (χ2v) is 8.75. The first-order valence-corrected chi connectivity index (χ1v) is 10.6. The Balaban J connectivity index is 1.36. The highest BCUT2D eigenvalue weighted by Crippen LogP contribution is 2.46. The van der Waals surface area contributed by atoms with Crippen LogP contribution < -0.4 is 15.0 Å². The maximum absolute atomic E-state index is 9.98. The number of nitrogens with zero attached hydrogens (tertiary/aromatic N) is 3. The largest absolute Gasteiger partial charge is 0.487 e. The lowest BCUT2D eigenvalue weighted by Gasteiger charge is -2.32. The first kappa shape index (κ1) is 17.2. The molecule has 0 saturated heterocycles. The van der Waals surface area contributed by atoms with Gasteiger partial charge in [-0.1, -0.05) is 0 Å². The van der Waals surface area contributed by atoms with Crippen LogP contribution in [0.3, 0.4) is 0 Å². The van der Waals surface area contributed by atoms with Crippen molar-refractivity contribution in [2.75, 3.05) is 23.9 Å². The molecule has 1 aromatic heterocycles. The van der Waals surface area contributed by atoms with Gasteiger partial charge < -0.3 is 24.6 Å². The second kappa shape index (κ2) is 6.39. The summed E-state index contributed by atoms with van der Waals surface area (Å²) in [6.07, 6.45) is 6.57. The van der Waals surface area contributed by atoms with Crippen LogP contribution in [0, 0.1) is 5.92 Å². The summed E-state index contributed by atoms with van der Waals surface area (Å²) in [5, 5.41) is 13.6. The molecule has 6 rings (SSSR count). The predicted octanol–water partition coefficient (Wildman–Crippen LogP) is 4.21. The van der Waals surface area contributed by atoms with Gasteiger partial charge in [0.2, 0.25) is 0 Å². The quantitative estimate of drug-likeness (QED) is 0.683. The minimum absolute atomic E-state index is 0.284. The fraction of sp³-hybridized carbons (Fsp3) is 0.435. The molecule has 1 unspecified atom stereocenters. The number of hydrogen-bond donors (Lipinski definition) is 2. The number of nitrogens with one attached hydrogen (secondary N) is 1. The minimum Gasteiger partial charge on any atom is -0.487 e. The molecule has 0 spiro atoms. The number of rotatable bonds is 5. The SMILES string of the molecule is CN1c2ccc(Nc3cc4c(cc3C3CC3)ncn4CC3CC3)cc2OCC1O. The van der Waals surface area contributed by atoms with Crippen LogP contribution in [0.15, 0.2) is 36.7 Å². The van der Waals surface area contributed by atoms with Crippen LogP contribution >= 0.6 is 0 Å². The molecule has 6 heteroatoms. The number of aromatic nitrogens is 2. The van der Waals surface area contributed by atoms with E-state index < -0.39 is 6.23 Å². The lowest BCUT2D eigenvalue weighted by atomic mass is 10.1. The van der Waals surface area contributed by atoms with Gasteiger partial charge in [-0.25, -0.2) is 4.98 Å². The monoisotopic (exact) mass is 390 g/mol. The van der Waals surface area contributed by atoms with E-state index in [0.29, 0.717) is 5.92 Å². The molecule has 3 aliphatic rings. The number of likely N-dealkylation sites (N-methyl/N-ethyl adjacent to an activating group) is 1. The number of ether oxygens (including phenoxy) is 1. The Labute approximate surface area is 170 Å². The molecule has 6 nitrogen and oxygen atoms in total. The van der Waals surface area contributed by atoms with E-state index in [0.717, 1.165) is 35.1 Å². The van der Waals surface area contributed by atoms with E-state index in [1.165, 1.54) is 42.5 Å². The minimum atomic E-state index is -0.600. The molecule has 150 valence electrons. The van der Waals surface area contributed by atoms with E-state index in [2.05, 4.69) is 33.1 Å². The fourth-order valence-electron chi connectivity index (χ4n) is 4.28. The average Bonchev–Trinajstić information content (AvgIpc) is 3.64. The van der Waals surface area contributed by atoms with Crippen LogP contribution in [-0.2, 0) is 6.54 Å². The van der Waals surface area contributed by atoms with Gasteiger partial charge in [0, 0.05) is 31.0 Å². The van der Waals surface area contributed by atoms with Gasteiger partial charge in [-0.15, -0.1) is 0 Å². The van der Waals surface area contributed by atoms with E-state index in [1.807, 2.05) is 30.4 Å². The third kappa shape index (κ3) is 3.12. The third-order valence-electron chi connectivity index (χ3n) is 6.42. The maximum Gasteiger partial charge on any atom is 0.161 e. The van der Waals surface area contributed by atoms with Crippen LogP contribution in [0.2, 0.25) is 0 Å². The van der Waals surface area contributed by atoms with E-state index in [9.17, 15) is 5.11 Å². The van der Waals surface area contributed by atoms with Crippen molar-refractivity contribution in [1.29, 1.82) is 0 Å². The Bertz CT molecular complexity index is 1080. The van der Waals surface area contributed by atoms with Gasteiger partial charge in [0.15, 0.2) is 6.23 Å². The zero-order valence-electron chi connectivity index (χ0n) is 16.6. The van der Waals surface area contributed by atoms with Gasteiger partial charge in [-0.2, -0.15) is 0 Å². The van der Waals surface area contributed by atoms with Crippen molar-refractivity contribution in [3.8, 4) is 5.75 Å². The number of fused-ring (bicyclic) bond motifs is 2. The number of anilines is 3. The molecule has 29 heavy (non-hydrogen) atoms. The summed E-state index contributed by atoms with van der Waals surface area (Å²) in [7, 11) is 1.89. The molecule has 0 bridgehead atoms. The lowest BCUT2D eigenvalue weighted by Crippen LogP contribution is -2.40. The summed E-state index contributed by atoms with van der Waals surface area (Å²) in [5.74, 6) is 2.25. The lowest BCUT2D eigenvalue weighted by molar-refractivity contribution is 0.0956. The normalized spacial score (nSPS) is 21.2. The molecule has 0 radical (unpaired) electrons. The van der Waals surface area contributed by atoms with Gasteiger partial charge in [0.25, 0.3) is 0 Å². The van der Waals surface area contributed by atoms with Gasteiger partial charge >= 0.3 is 0 Å². The van der Waals surface area contributed by atoms with Crippen LogP contribution in [0.5, 0.6) is 5.75 Å². The summed E-state index contributed by atoms with van der Waals surface area (Å²) in [6.45, 7) is 1.35. The molecule has 3 aromatic rings. The number of imidazole rings is 1. The van der Waals surface area contributed by atoms with Gasteiger partial charge in [0.1, 0.15) is 12.4 Å². The molecular weight excluding hydrogens is 364 g/mol. The molecule has 1 aliphatic heterocycles. The molecule has 2 fully saturated rings. The summed E-state index contributed by atoms with van der Waals surface area (Å²) in [4.78, 5) is 6.53. The number of hydrogen-bond acceptors (Lipinski definition) is 5. The van der Waals surface area contributed by atoms with Crippen molar-refractivity contribution in [3.05, 3.63) is 42.2 Å². The number of aliphatic hydroxyl groups excluding tert-OH is 1. The van der Waals surface area contributed by atoms with Crippen molar-refractivity contribution >= 4 is 28.1 Å². The molecule has 2 saturated carbocycles. The van der Waals surface area contributed by atoms with E-state index >= 15 is 0 Å². The Morgan fingerprint density at radius 1 is 1.17 bits per heavy atom. The number of benzene rings is 2. The highest BCUT2D eigenvalue weighted by atomic mass is 16.5. The molecule has 2 aliphatic carbocycles. The standard InChI is InChI=1S/C23H26N4O2/c1-26-20-7-6-16(8-22(20)29-12-23(26)28)25-18-10-21-19(9-17(18)15-4-5-15)24-13-27(21)11-14-2-3-14/h6-10,13-15,23,25,28H,2-5,11-12H2,1H3. The Hall–Kier alpha value is -2.73. The van der Waals surface area contributed by atoms with Crippen molar-refractivity contribution < 1.29 is 9.84 Å². The zero-order valence-corrected chi connectivity index (χ0v) is 16.6.